The first-order valence-electron chi connectivity index (χ1n) is 8.55. The summed E-state index contributed by atoms with van der Waals surface area (Å²) in [5, 5.41) is 7.14. The second kappa shape index (κ2) is 8.18. The topological polar surface area (TPSA) is 69.3 Å². The van der Waals surface area contributed by atoms with Gasteiger partial charge in [-0.1, -0.05) is 35.9 Å². The Bertz CT molecular complexity index is 986. The molecule has 0 spiro atoms. The largest absolute Gasteiger partial charge is 0.484 e. The molecule has 0 fully saturated rings. The van der Waals surface area contributed by atoms with Gasteiger partial charge in [0.15, 0.2) is 6.61 Å². The van der Waals surface area contributed by atoms with E-state index >= 15 is 0 Å². The number of nitrogens with one attached hydrogen (secondary N) is 1. The summed E-state index contributed by atoms with van der Waals surface area (Å²) < 4.78 is 12.4. The van der Waals surface area contributed by atoms with Gasteiger partial charge in [-0.2, -0.15) is 0 Å². The van der Waals surface area contributed by atoms with E-state index in [1.54, 1.807) is 0 Å². The van der Waals surface area contributed by atoms with Gasteiger partial charge in [-0.25, -0.2) is 4.68 Å². The average Bonchev–Trinajstić information content (AvgIpc) is 2.97. The van der Waals surface area contributed by atoms with E-state index in [1.165, 1.54) is 4.68 Å². The van der Waals surface area contributed by atoms with Crippen LogP contribution in [0, 0.1) is 25.6 Å². The second-order valence-electron chi connectivity index (χ2n) is 6.34. The highest BCUT2D eigenvalue weighted by Crippen LogP contribution is 2.19. The predicted octanol–water partition coefficient (Wildman–Crippen LogP) is 4.35. The molecule has 0 atom stereocenters. The lowest BCUT2D eigenvalue weighted by Gasteiger charge is -2.11. The Kier molecular flexibility index (Phi) is 5.71. The van der Waals surface area contributed by atoms with E-state index in [0.29, 0.717) is 11.6 Å². The number of benzene rings is 2. The molecule has 1 N–H and O–H groups in total. The highest BCUT2D eigenvalue weighted by atomic mass is 32.1. The van der Waals surface area contributed by atoms with Gasteiger partial charge in [0.1, 0.15) is 12.3 Å². The van der Waals surface area contributed by atoms with E-state index in [0.717, 1.165) is 22.4 Å². The zero-order chi connectivity index (χ0) is 19.4. The van der Waals surface area contributed by atoms with Gasteiger partial charge in [-0.15, -0.1) is 5.10 Å². The van der Waals surface area contributed by atoms with E-state index in [4.69, 9.17) is 21.4 Å². The van der Waals surface area contributed by atoms with Crippen molar-refractivity contribution in [2.45, 2.75) is 33.9 Å². The van der Waals surface area contributed by atoms with Crippen LogP contribution in [0.3, 0.4) is 0 Å². The molecule has 0 aliphatic rings. The van der Waals surface area contributed by atoms with Crippen molar-refractivity contribution in [1.82, 2.24) is 9.78 Å². The molecule has 0 saturated carbocycles. The van der Waals surface area contributed by atoms with Crippen molar-refractivity contribution in [2.24, 2.45) is 0 Å². The Morgan fingerprint density at radius 2 is 1.81 bits per heavy atom. The highest BCUT2D eigenvalue weighted by molar-refractivity contribution is 7.71. The van der Waals surface area contributed by atoms with Gasteiger partial charge in [-0.3, -0.25) is 4.79 Å². The number of carbonyl (C=O) groups excluding carboxylic acids is 1. The average molecular weight is 383 g/mol. The quantitative estimate of drug-likeness (QED) is 0.641. The van der Waals surface area contributed by atoms with E-state index in [-0.39, 0.29) is 23.9 Å². The molecule has 1 amide bonds. The summed E-state index contributed by atoms with van der Waals surface area (Å²) in [5.74, 6) is 0.812. The van der Waals surface area contributed by atoms with Gasteiger partial charge in [-0.05, 0) is 56.2 Å². The fraction of sp³-hybridized carbons (Fsp3) is 0.250. The minimum absolute atomic E-state index is 0.0271. The molecule has 0 unspecified atom stereocenters. The van der Waals surface area contributed by atoms with Gasteiger partial charge in [0, 0.05) is 5.69 Å². The SMILES string of the molecule is Cc1ccc(OCc2nn(CC(=O)Nc3c(C)cccc3C)c(=S)o2)cc1. The molecule has 0 saturated heterocycles. The maximum atomic E-state index is 12.4. The van der Waals surface area contributed by atoms with Crippen molar-refractivity contribution >= 4 is 23.8 Å². The lowest BCUT2D eigenvalue weighted by molar-refractivity contribution is -0.117. The molecule has 27 heavy (non-hydrogen) atoms. The molecule has 2 aromatic carbocycles. The van der Waals surface area contributed by atoms with E-state index in [1.807, 2.05) is 63.2 Å². The van der Waals surface area contributed by atoms with Crippen LogP contribution in [0.15, 0.2) is 46.9 Å². The summed E-state index contributed by atoms with van der Waals surface area (Å²) in [7, 11) is 0. The molecular formula is C20H21N3O3S. The molecule has 3 aromatic rings. The molecule has 1 heterocycles. The number of aryl methyl sites for hydroxylation is 3. The number of anilines is 1. The van der Waals surface area contributed by atoms with Crippen molar-refractivity contribution in [2.75, 3.05) is 5.32 Å². The summed E-state index contributed by atoms with van der Waals surface area (Å²) in [4.78, 5) is 12.5. The third kappa shape index (κ3) is 4.83. The molecule has 7 heteroatoms. The van der Waals surface area contributed by atoms with E-state index < -0.39 is 0 Å². The first-order valence-corrected chi connectivity index (χ1v) is 8.95. The second-order valence-corrected chi connectivity index (χ2v) is 6.69. The molecule has 6 nitrogen and oxygen atoms in total. The summed E-state index contributed by atoms with van der Waals surface area (Å²) in [6.07, 6.45) is 0. The number of hydrogen-bond acceptors (Lipinski definition) is 5. The van der Waals surface area contributed by atoms with Crippen molar-refractivity contribution in [1.29, 1.82) is 0 Å². The Hall–Kier alpha value is -2.93. The number of hydrogen-bond donors (Lipinski definition) is 1. The van der Waals surface area contributed by atoms with Gasteiger partial charge in [0.25, 0.3) is 10.7 Å². The molecule has 0 aliphatic heterocycles. The summed E-state index contributed by atoms with van der Waals surface area (Å²) in [5.41, 5.74) is 3.96. The van der Waals surface area contributed by atoms with Crippen molar-refractivity contribution < 1.29 is 13.9 Å². The van der Waals surface area contributed by atoms with Crippen LogP contribution >= 0.6 is 12.2 Å². The van der Waals surface area contributed by atoms with Crippen LogP contribution in [0.25, 0.3) is 0 Å². The van der Waals surface area contributed by atoms with Gasteiger partial charge in [0.2, 0.25) is 5.91 Å². The van der Waals surface area contributed by atoms with Crippen LogP contribution < -0.4 is 10.1 Å². The number of ether oxygens (including phenoxy) is 1. The number of rotatable bonds is 6. The summed E-state index contributed by atoms with van der Waals surface area (Å²) >= 11 is 5.15. The van der Waals surface area contributed by atoms with Crippen LogP contribution in [0.1, 0.15) is 22.6 Å². The van der Waals surface area contributed by atoms with E-state index in [9.17, 15) is 4.79 Å². The first kappa shape index (κ1) is 18.8. The lowest BCUT2D eigenvalue weighted by Crippen LogP contribution is -2.20. The fourth-order valence-electron chi connectivity index (χ4n) is 2.61. The maximum absolute atomic E-state index is 12.4. The standard InChI is InChI=1S/C20H21N3O3S/c1-13-7-9-16(10-8-13)25-12-18-22-23(20(27)26-18)11-17(24)21-19-14(2)5-4-6-15(19)3/h4-10H,11-12H2,1-3H3,(H,21,24). The Balaban J connectivity index is 1.63. The zero-order valence-electron chi connectivity index (χ0n) is 15.5. The van der Waals surface area contributed by atoms with Crippen molar-refractivity contribution in [3.05, 3.63) is 69.9 Å². The number of nitrogens with zero attached hydrogens (tertiary/aromatic N) is 2. The minimum Gasteiger partial charge on any atom is -0.484 e. The van der Waals surface area contributed by atoms with Crippen molar-refractivity contribution in [3.8, 4) is 5.75 Å². The molecule has 1 aromatic heterocycles. The van der Waals surface area contributed by atoms with Gasteiger partial charge in [0.05, 0.1) is 0 Å². The molecule has 140 valence electrons. The maximum Gasteiger partial charge on any atom is 0.287 e. The number of aromatic nitrogens is 2. The van der Waals surface area contributed by atoms with Gasteiger partial charge < -0.3 is 14.5 Å². The Labute approximate surface area is 162 Å². The zero-order valence-corrected chi connectivity index (χ0v) is 16.3. The van der Waals surface area contributed by atoms with Crippen LogP contribution in [-0.4, -0.2) is 15.7 Å². The molecule has 0 bridgehead atoms. The normalized spacial score (nSPS) is 10.6. The Morgan fingerprint density at radius 1 is 1.15 bits per heavy atom. The highest BCUT2D eigenvalue weighted by Gasteiger charge is 2.12. The van der Waals surface area contributed by atoms with Gasteiger partial charge >= 0.3 is 0 Å². The molecule has 3 rings (SSSR count). The van der Waals surface area contributed by atoms with E-state index in [2.05, 4.69) is 10.4 Å². The number of amides is 1. The molecule has 0 radical (unpaired) electrons. The smallest absolute Gasteiger partial charge is 0.287 e. The summed E-state index contributed by atoms with van der Waals surface area (Å²) in [6, 6.07) is 13.5. The monoisotopic (exact) mass is 383 g/mol. The number of para-hydroxylation sites is 1. The van der Waals surface area contributed by atoms with Crippen LogP contribution in [-0.2, 0) is 17.9 Å². The number of carbonyl (C=O) groups is 1. The predicted molar refractivity (Wildman–Crippen MR) is 105 cm³/mol. The lowest BCUT2D eigenvalue weighted by atomic mass is 10.1. The Morgan fingerprint density at radius 3 is 2.48 bits per heavy atom. The van der Waals surface area contributed by atoms with Crippen LogP contribution in [0.5, 0.6) is 5.75 Å². The molecular weight excluding hydrogens is 362 g/mol. The molecule has 0 aliphatic carbocycles. The third-order valence-corrected chi connectivity index (χ3v) is 4.36. The first-order chi connectivity index (χ1) is 12.9. The van der Waals surface area contributed by atoms with Crippen LogP contribution in [0.2, 0.25) is 0 Å². The minimum atomic E-state index is -0.220. The summed E-state index contributed by atoms with van der Waals surface area (Å²) in [6.45, 7) is 6.02. The fourth-order valence-corrected chi connectivity index (χ4v) is 2.82. The van der Waals surface area contributed by atoms with Crippen molar-refractivity contribution in [3.63, 3.8) is 0 Å². The van der Waals surface area contributed by atoms with Crippen LogP contribution in [0.4, 0.5) is 5.69 Å². The third-order valence-electron chi connectivity index (χ3n) is 4.07.